The Labute approximate surface area is 153 Å². The highest BCUT2D eigenvalue weighted by Gasteiger charge is 2.54. The number of hydrogen-bond acceptors (Lipinski definition) is 4. The topological polar surface area (TPSA) is 113 Å². The Kier molecular flexibility index (Phi) is 4.80. The molecule has 0 bridgehead atoms. The standard InChI is InChI=1S/C17H19BrN4O3/c18-12-6-2-1-4-10(12)8-13(19)14(23)20-9-11-5-3-7-17(11)15(24)21-16(25)22-17/h1-2,4,6,8,11H,3,5,7,9,19H2,(H,20,23)(H2,21,22,24,25)/b13-8-. The summed E-state index contributed by atoms with van der Waals surface area (Å²) in [7, 11) is 0. The smallest absolute Gasteiger partial charge is 0.322 e. The summed E-state index contributed by atoms with van der Waals surface area (Å²) in [5.74, 6) is -0.868. The largest absolute Gasteiger partial charge is 0.394 e. The van der Waals surface area contributed by atoms with E-state index < -0.39 is 17.5 Å². The van der Waals surface area contributed by atoms with Gasteiger partial charge in [-0.1, -0.05) is 40.5 Å². The maximum absolute atomic E-state index is 12.3. The fourth-order valence-corrected chi connectivity index (χ4v) is 3.87. The first kappa shape index (κ1) is 17.5. The van der Waals surface area contributed by atoms with Gasteiger partial charge in [-0.05, 0) is 30.5 Å². The van der Waals surface area contributed by atoms with Gasteiger partial charge in [0.05, 0.1) is 5.70 Å². The molecule has 8 heteroatoms. The summed E-state index contributed by atoms with van der Waals surface area (Å²) in [5, 5.41) is 7.78. The van der Waals surface area contributed by atoms with Gasteiger partial charge in [-0.3, -0.25) is 14.9 Å². The van der Waals surface area contributed by atoms with Crippen LogP contribution in [0, 0.1) is 5.92 Å². The van der Waals surface area contributed by atoms with Crippen molar-refractivity contribution in [2.45, 2.75) is 24.8 Å². The Bertz CT molecular complexity index is 764. The SMILES string of the molecule is N/C(=C\c1ccccc1Br)C(=O)NCC1CCCC12NC(=O)NC2=O. The Balaban J connectivity index is 1.65. The molecule has 1 saturated heterocycles. The van der Waals surface area contributed by atoms with Crippen LogP contribution in [0.15, 0.2) is 34.4 Å². The number of amides is 4. The number of benzene rings is 1. The van der Waals surface area contributed by atoms with Crippen LogP contribution in [0.3, 0.4) is 0 Å². The maximum Gasteiger partial charge on any atom is 0.322 e. The minimum absolute atomic E-state index is 0.0823. The summed E-state index contributed by atoms with van der Waals surface area (Å²) in [6.45, 7) is 0.275. The minimum Gasteiger partial charge on any atom is -0.394 e. The monoisotopic (exact) mass is 406 g/mol. The van der Waals surface area contributed by atoms with Gasteiger partial charge in [0.2, 0.25) is 0 Å². The van der Waals surface area contributed by atoms with Gasteiger partial charge in [-0.25, -0.2) is 4.79 Å². The summed E-state index contributed by atoms with van der Waals surface area (Å²) in [6.07, 6.45) is 3.74. The molecule has 5 N–H and O–H groups in total. The Morgan fingerprint density at radius 1 is 1.40 bits per heavy atom. The lowest BCUT2D eigenvalue weighted by molar-refractivity contribution is -0.125. The summed E-state index contributed by atoms with van der Waals surface area (Å²) >= 11 is 3.40. The normalized spacial score (nSPS) is 25.8. The van der Waals surface area contributed by atoms with E-state index in [2.05, 4.69) is 31.9 Å². The van der Waals surface area contributed by atoms with Gasteiger partial charge in [0.25, 0.3) is 11.8 Å². The van der Waals surface area contributed by atoms with Crippen molar-refractivity contribution < 1.29 is 14.4 Å². The number of carbonyl (C=O) groups excluding carboxylic acids is 3. The van der Waals surface area contributed by atoms with Crippen LogP contribution in [-0.4, -0.2) is 29.9 Å². The fourth-order valence-electron chi connectivity index (χ4n) is 3.47. The quantitative estimate of drug-likeness (QED) is 0.444. The van der Waals surface area contributed by atoms with Gasteiger partial charge >= 0.3 is 6.03 Å². The van der Waals surface area contributed by atoms with Crippen LogP contribution in [0.1, 0.15) is 24.8 Å². The zero-order valence-electron chi connectivity index (χ0n) is 13.5. The number of hydrogen-bond donors (Lipinski definition) is 4. The van der Waals surface area contributed by atoms with E-state index in [-0.39, 0.29) is 24.1 Å². The number of imide groups is 1. The molecule has 2 aliphatic rings. The number of nitrogens with two attached hydrogens (primary N) is 1. The Morgan fingerprint density at radius 3 is 2.84 bits per heavy atom. The molecule has 2 fully saturated rings. The van der Waals surface area contributed by atoms with Crippen LogP contribution in [-0.2, 0) is 9.59 Å². The van der Waals surface area contributed by atoms with E-state index in [1.807, 2.05) is 24.3 Å². The van der Waals surface area contributed by atoms with Crippen LogP contribution in [0.4, 0.5) is 4.79 Å². The van der Waals surface area contributed by atoms with E-state index in [1.54, 1.807) is 6.08 Å². The average Bonchev–Trinajstić information content (AvgIpc) is 3.10. The minimum atomic E-state index is -0.911. The zero-order chi connectivity index (χ0) is 18.0. The van der Waals surface area contributed by atoms with Crippen molar-refractivity contribution in [3.8, 4) is 0 Å². The first-order valence-corrected chi connectivity index (χ1v) is 8.85. The van der Waals surface area contributed by atoms with E-state index >= 15 is 0 Å². The van der Waals surface area contributed by atoms with Crippen LogP contribution >= 0.6 is 15.9 Å². The second-order valence-electron chi connectivity index (χ2n) is 6.30. The van der Waals surface area contributed by atoms with Crippen molar-refractivity contribution in [1.82, 2.24) is 16.0 Å². The first-order chi connectivity index (χ1) is 11.9. The van der Waals surface area contributed by atoms with E-state index in [1.165, 1.54) is 0 Å². The lowest BCUT2D eigenvalue weighted by Gasteiger charge is -2.28. The molecular formula is C17H19BrN4O3. The predicted molar refractivity (Wildman–Crippen MR) is 96.1 cm³/mol. The third-order valence-electron chi connectivity index (χ3n) is 4.78. The highest BCUT2D eigenvalue weighted by atomic mass is 79.9. The Morgan fingerprint density at radius 2 is 2.16 bits per heavy atom. The van der Waals surface area contributed by atoms with Crippen molar-refractivity contribution in [2.75, 3.05) is 6.54 Å². The van der Waals surface area contributed by atoms with Crippen LogP contribution in [0.2, 0.25) is 0 Å². The van der Waals surface area contributed by atoms with Crippen molar-refractivity contribution in [3.05, 3.63) is 40.0 Å². The van der Waals surface area contributed by atoms with E-state index in [4.69, 9.17) is 5.73 Å². The van der Waals surface area contributed by atoms with Crippen LogP contribution in [0.25, 0.3) is 6.08 Å². The molecule has 2 unspecified atom stereocenters. The van der Waals surface area contributed by atoms with Gasteiger partial charge in [-0.2, -0.15) is 0 Å². The van der Waals surface area contributed by atoms with Gasteiger partial charge in [0, 0.05) is 16.9 Å². The van der Waals surface area contributed by atoms with Gasteiger partial charge in [0.15, 0.2) is 0 Å². The molecule has 0 aromatic heterocycles. The summed E-state index contributed by atoms with van der Waals surface area (Å²) in [6, 6.07) is 6.95. The molecule has 132 valence electrons. The summed E-state index contributed by atoms with van der Waals surface area (Å²) in [4.78, 5) is 35.9. The third kappa shape index (κ3) is 3.39. The molecule has 1 aromatic rings. The number of carbonyl (C=O) groups is 3. The molecule has 1 aromatic carbocycles. The van der Waals surface area contributed by atoms with E-state index in [9.17, 15) is 14.4 Å². The molecular weight excluding hydrogens is 388 g/mol. The molecule has 2 atom stereocenters. The molecule has 3 rings (SSSR count). The maximum atomic E-state index is 12.3. The van der Waals surface area contributed by atoms with Crippen molar-refractivity contribution >= 4 is 39.9 Å². The van der Waals surface area contributed by atoms with Crippen molar-refractivity contribution in [3.63, 3.8) is 0 Å². The van der Waals surface area contributed by atoms with Crippen molar-refractivity contribution in [1.29, 1.82) is 0 Å². The first-order valence-electron chi connectivity index (χ1n) is 8.06. The molecule has 0 radical (unpaired) electrons. The van der Waals surface area contributed by atoms with Crippen LogP contribution < -0.4 is 21.7 Å². The average molecular weight is 407 g/mol. The second kappa shape index (κ2) is 6.87. The number of urea groups is 1. The predicted octanol–water partition coefficient (Wildman–Crippen LogP) is 1.24. The van der Waals surface area contributed by atoms with Gasteiger partial charge in [-0.15, -0.1) is 0 Å². The molecule has 1 aliphatic carbocycles. The molecule has 25 heavy (non-hydrogen) atoms. The highest BCUT2D eigenvalue weighted by molar-refractivity contribution is 9.10. The molecule has 1 saturated carbocycles. The molecule has 1 spiro atoms. The third-order valence-corrected chi connectivity index (χ3v) is 5.50. The number of halogens is 1. The number of nitrogens with one attached hydrogen (secondary N) is 3. The molecule has 1 aliphatic heterocycles. The lowest BCUT2D eigenvalue weighted by atomic mass is 9.87. The zero-order valence-corrected chi connectivity index (χ0v) is 15.1. The van der Waals surface area contributed by atoms with E-state index in [0.717, 1.165) is 22.9 Å². The fraction of sp³-hybridized carbons (Fsp3) is 0.353. The van der Waals surface area contributed by atoms with Gasteiger partial charge < -0.3 is 16.4 Å². The highest BCUT2D eigenvalue weighted by Crippen LogP contribution is 2.37. The summed E-state index contributed by atoms with van der Waals surface area (Å²) < 4.78 is 0.839. The molecule has 4 amide bonds. The van der Waals surface area contributed by atoms with Crippen LogP contribution in [0.5, 0.6) is 0 Å². The lowest BCUT2D eigenvalue weighted by Crippen LogP contribution is -2.53. The second-order valence-corrected chi connectivity index (χ2v) is 7.15. The Hall–Kier alpha value is -2.35. The number of rotatable bonds is 4. The molecule has 7 nitrogen and oxygen atoms in total. The van der Waals surface area contributed by atoms with E-state index in [0.29, 0.717) is 6.42 Å². The summed E-state index contributed by atoms with van der Waals surface area (Å²) in [5.41, 5.74) is 5.85. The van der Waals surface area contributed by atoms with Crippen molar-refractivity contribution in [2.24, 2.45) is 11.7 Å². The van der Waals surface area contributed by atoms with Gasteiger partial charge in [0.1, 0.15) is 5.54 Å². The molecule has 1 heterocycles.